The number of nitrogens with one attached hydrogen (secondary N) is 1. The van der Waals surface area contributed by atoms with E-state index < -0.39 is 0 Å². The van der Waals surface area contributed by atoms with Gasteiger partial charge < -0.3 is 34.1 Å². The Morgan fingerprint density at radius 3 is 1.49 bits per heavy atom. The highest BCUT2D eigenvalue weighted by molar-refractivity contribution is 6.36. The van der Waals surface area contributed by atoms with E-state index in [0.717, 1.165) is 44.8 Å². The van der Waals surface area contributed by atoms with Crippen molar-refractivity contribution in [2.75, 3.05) is 102 Å². The monoisotopic (exact) mass is 946 g/mol. The number of hydrogen-bond acceptors (Lipinski definition) is 12. The Hall–Kier alpha value is -4.38. The lowest BCUT2D eigenvalue weighted by molar-refractivity contribution is 0.109. The van der Waals surface area contributed by atoms with Gasteiger partial charge in [0.25, 0.3) is 0 Å². The summed E-state index contributed by atoms with van der Waals surface area (Å²) < 4.78 is 25.1. The highest BCUT2D eigenvalue weighted by Crippen LogP contribution is 2.29. The van der Waals surface area contributed by atoms with Gasteiger partial charge in [-0.1, -0.05) is 79.5 Å². The van der Waals surface area contributed by atoms with E-state index in [2.05, 4.69) is 30.2 Å². The third kappa shape index (κ3) is 13.8. The van der Waals surface area contributed by atoms with Gasteiger partial charge in [-0.15, -0.1) is 0 Å². The summed E-state index contributed by atoms with van der Waals surface area (Å²) in [5, 5.41) is 14.5. The minimum absolute atomic E-state index is 0. The molecule has 0 amide bonds. The van der Waals surface area contributed by atoms with Crippen LogP contribution in [0.3, 0.4) is 0 Å². The summed E-state index contributed by atoms with van der Waals surface area (Å²) in [5.41, 5.74) is 2.84. The zero-order valence-electron chi connectivity index (χ0n) is 34.2. The number of ether oxygens (including phenoxy) is 4. The fourth-order valence-corrected chi connectivity index (χ4v) is 7.70. The fraction of sp³-hybridized carbons (Fsp3) is 0.422. The fourth-order valence-electron chi connectivity index (χ4n) is 6.82. The molecule has 2 aliphatic heterocycles. The molecule has 2 aliphatic rings. The molecule has 5 aromatic rings. The lowest BCUT2D eigenvalue weighted by Crippen LogP contribution is -2.46. The molecule has 0 spiro atoms. The van der Waals surface area contributed by atoms with Gasteiger partial charge in [-0.3, -0.25) is 14.5 Å². The Labute approximate surface area is 390 Å². The third-order valence-corrected chi connectivity index (χ3v) is 11.1. The second-order valence-electron chi connectivity index (χ2n) is 13.9. The van der Waals surface area contributed by atoms with E-state index in [1.807, 2.05) is 32.0 Å². The Morgan fingerprint density at radius 1 is 0.603 bits per heavy atom. The molecular weight excluding hydrogens is 890 g/mol. The zero-order valence-corrected chi connectivity index (χ0v) is 37.2. The first-order valence-corrected chi connectivity index (χ1v) is 21.7. The summed E-state index contributed by atoms with van der Waals surface area (Å²) in [5.74, 6) is 0.545. The zero-order chi connectivity index (χ0) is 43.1. The van der Waals surface area contributed by atoms with Crippen LogP contribution in [0.15, 0.2) is 88.7 Å². The van der Waals surface area contributed by atoms with Crippen molar-refractivity contribution >= 4 is 57.8 Å². The number of benzene rings is 3. The smallest absolute Gasteiger partial charge is 0.316 e. The number of piperazine rings is 2. The van der Waals surface area contributed by atoms with Gasteiger partial charge in [0.1, 0.15) is 24.6 Å². The van der Waals surface area contributed by atoms with Gasteiger partial charge in [0, 0.05) is 97.8 Å². The van der Waals surface area contributed by atoms with E-state index >= 15 is 0 Å². The van der Waals surface area contributed by atoms with Crippen LogP contribution < -0.4 is 35.7 Å². The number of aromatic nitrogens is 4. The van der Waals surface area contributed by atoms with Crippen LogP contribution in [0.1, 0.15) is 34.3 Å². The maximum atomic E-state index is 13.4. The van der Waals surface area contributed by atoms with Crippen molar-refractivity contribution in [3.05, 3.63) is 125 Å². The second-order valence-corrected chi connectivity index (χ2v) is 15.6. The van der Waals surface area contributed by atoms with E-state index in [1.165, 1.54) is 9.36 Å². The van der Waals surface area contributed by atoms with Gasteiger partial charge in [0.2, 0.25) is 11.5 Å². The Kier molecular flexibility index (Phi) is 21.0. The van der Waals surface area contributed by atoms with Crippen molar-refractivity contribution in [1.29, 1.82) is 0 Å². The number of halogens is 4. The van der Waals surface area contributed by atoms with E-state index in [1.54, 1.807) is 60.9 Å². The van der Waals surface area contributed by atoms with Crippen molar-refractivity contribution in [2.24, 2.45) is 0 Å². The number of hydrogen-bond donors (Lipinski definition) is 1. The van der Waals surface area contributed by atoms with Crippen molar-refractivity contribution in [2.45, 2.75) is 35.2 Å². The van der Waals surface area contributed by atoms with Crippen LogP contribution in [-0.2, 0) is 16.0 Å². The summed E-state index contributed by atoms with van der Waals surface area (Å²) in [6.45, 7) is 13.3. The maximum Gasteiger partial charge on any atom is 0.316 e. The summed E-state index contributed by atoms with van der Waals surface area (Å²) in [6.07, 6.45) is 3.36. The van der Waals surface area contributed by atoms with Gasteiger partial charge in [-0.25, -0.2) is 0 Å². The van der Waals surface area contributed by atoms with E-state index in [4.69, 9.17) is 65.4 Å². The lowest BCUT2D eigenvalue weighted by atomic mass is 10.2. The molecule has 0 atom stereocenters. The molecular formula is C45H58Cl4N8O6. The highest BCUT2D eigenvalue weighted by Gasteiger charge is 2.25. The number of anilines is 2. The van der Waals surface area contributed by atoms with Crippen molar-refractivity contribution in [1.82, 2.24) is 29.8 Å². The van der Waals surface area contributed by atoms with Crippen LogP contribution in [0.5, 0.6) is 11.5 Å². The molecule has 342 valence electrons. The van der Waals surface area contributed by atoms with Crippen LogP contribution >= 0.6 is 46.4 Å². The summed E-state index contributed by atoms with van der Waals surface area (Å²) in [7, 11) is 0. The minimum Gasteiger partial charge on any atom is -0.484 e. The molecule has 63 heavy (non-hydrogen) atoms. The first kappa shape index (κ1) is 51.3. The predicted molar refractivity (Wildman–Crippen MR) is 256 cm³/mol. The Bertz CT molecular complexity index is 2300. The molecule has 2 aromatic heterocycles. The summed E-state index contributed by atoms with van der Waals surface area (Å²) in [6, 6.07) is 19.6. The SMILES string of the molecule is C.C.CCOCCOc1c(N2CCN(Cc3c(Cl)cccc3Cl)CC2)cnn(-c2cccc(Cl)c2)c1=O.CCOCCOc1c(N2CCNCC2)cnn(-c2cccc(Cl)c2)c1=O. The largest absolute Gasteiger partial charge is 0.484 e. The first-order chi connectivity index (χ1) is 29.7. The van der Waals surface area contributed by atoms with Crippen LogP contribution in [-0.4, -0.2) is 116 Å². The molecule has 0 unspecified atom stereocenters. The lowest BCUT2D eigenvalue weighted by Gasteiger charge is -2.36. The maximum absolute atomic E-state index is 13.4. The van der Waals surface area contributed by atoms with Crippen LogP contribution in [0.2, 0.25) is 20.1 Å². The molecule has 7 rings (SSSR count). The van der Waals surface area contributed by atoms with Crippen LogP contribution in [0.4, 0.5) is 11.4 Å². The van der Waals surface area contributed by atoms with Gasteiger partial charge in [0.05, 0.1) is 37.0 Å². The number of nitrogens with zero attached hydrogens (tertiary/aromatic N) is 7. The summed E-state index contributed by atoms with van der Waals surface area (Å²) in [4.78, 5) is 33.0. The molecule has 1 N–H and O–H groups in total. The quantitative estimate of drug-likeness (QED) is 0.0966. The standard InChI is InChI=1S/C25H27Cl3N4O3.C18H23ClN4O3.2CH4/c1-2-34-13-14-35-24-23(16-29-32(25(24)33)19-6-3-5-18(26)15-19)31-11-9-30(10-12-31)17-20-21(27)7-4-8-22(20)28;1-2-25-10-11-26-17-16(22-8-6-20-7-9-22)13-21-23(18(17)24)15-5-3-4-14(19)12-15;;/h3-8,15-16H,2,9-14,17H2,1H3;3-5,12-13,20H,2,6-11H2,1H3;2*1H4. The highest BCUT2D eigenvalue weighted by atomic mass is 35.5. The average Bonchev–Trinajstić information content (AvgIpc) is 3.27. The van der Waals surface area contributed by atoms with Gasteiger partial charge in [-0.05, 0) is 62.4 Å². The van der Waals surface area contributed by atoms with Crippen molar-refractivity contribution in [3.8, 4) is 22.9 Å². The molecule has 14 nitrogen and oxygen atoms in total. The van der Waals surface area contributed by atoms with Crippen molar-refractivity contribution < 1.29 is 18.9 Å². The molecule has 4 heterocycles. The van der Waals surface area contributed by atoms with Gasteiger partial charge in [0.15, 0.2) is 0 Å². The molecule has 18 heteroatoms. The first-order valence-electron chi connectivity index (χ1n) is 20.2. The average molecular weight is 949 g/mol. The molecule has 2 fully saturated rings. The second kappa shape index (κ2) is 25.8. The van der Waals surface area contributed by atoms with E-state index in [9.17, 15) is 9.59 Å². The predicted octanol–water partition coefficient (Wildman–Crippen LogP) is 7.91. The molecule has 0 saturated carbocycles. The Balaban J connectivity index is 0.000000279. The molecule has 2 saturated heterocycles. The summed E-state index contributed by atoms with van der Waals surface area (Å²) >= 11 is 24.9. The molecule has 0 radical (unpaired) electrons. The third-order valence-electron chi connectivity index (χ3n) is 9.91. The molecule has 0 aliphatic carbocycles. The van der Waals surface area contributed by atoms with E-state index in [-0.39, 0.29) is 38.3 Å². The van der Waals surface area contributed by atoms with Gasteiger partial charge in [-0.2, -0.15) is 19.6 Å². The van der Waals surface area contributed by atoms with E-state index in [0.29, 0.717) is 101 Å². The minimum atomic E-state index is -0.341. The topological polar surface area (TPSA) is 128 Å². The Morgan fingerprint density at radius 2 is 1.05 bits per heavy atom. The van der Waals surface area contributed by atoms with Crippen LogP contribution in [0.25, 0.3) is 11.4 Å². The van der Waals surface area contributed by atoms with Gasteiger partial charge >= 0.3 is 11.1 Å². The normalized spacial score (nSPS) is 13.9. The van der Waals surface area contributed by atoms with Crippen LogP contribution in [0, 0.1) is 0 Å². The molecule has 3 aromatic carbocycles. The molecule has 0 bridgehead atoms. The van der Waals surface area contributed by atoms with Crippen molar-refractivity contribution in [3.63, 3.8) is 0 Å². The number of rotatable bonds is 16.